The number of esters is 1. The fourth-order valence-electron chi connectivity index (χ4n) is 2.62. The summed E-state index contributed by atoms with van der Waals surface area (Å²) in [4.78, 5) is 50.4. The highest BCUT2D eigenvalue weighted by Crippen LogP contribution is 2.27. The van der Waals surface area contributed by atoms with Gasteiger partial charge in [0, 0.05) is 30.0 Å². The lowest BCUT2D eigenvalue weighted by molar-refractivity contribution is -0.384. The van der Waals surface area contributed by atoms with Crippen LogP contribution in [0.15, 0.2) is 40.1 Å². The number of carbonyl (C=O) groups is 3. The van der Waals surface area contributed by atoms with Gasteiger partial charge in [-0.15, -0.1) is 11.3 Å². The van der Waals surface area contributed by atoms with Gasteiger partial charge < -0.3 is 14.5 Å². The van der Waals surface area contributed by atoms with E-state index in [1.807, 2.05) is 0 Å². The van der Waals surface area contributed by atoms with E-state index in [4.69, 9.17) is 9.15 Å². The third-order valence-electron chi connectivity index (χ3n) is 4.05. The van der Waals surface area contributed by atoms with Crippen molar-refractivity contribution in [1.29, 1.82) is 0 Å². The largest absolute Gasteiger partial charge is 0.462 e. The number of aromatic nitrogens is 1. The van der Waals surface area contributed by atoms with Crippen LogP contribution in [-0.2, 0) is 16.1 Å². The van der Waals surface area contributed by atoms with E-state index in [0.29, 0.717) is 17.2 Å². The SMILES string of the molecule is CCOC(=O)c1cc(C(=O)Nc2nc(-c3ccc(CNC(C)=O)o3)cs2)cc([N+](=O)[O-])c1. The van der Waals surface area contributed by atoms with Crippen LogP contribution in [0.2, 0.25) is 0 Å². The Morgan fingerprint density at radius 2 is 1.97 bits per heavy atom. The van der Waals surface area contributed by atoms with E-state index in [1.165, 1.54) is 13.0 Å². The van der Waals surface area contributed by atoms with Crippen LogP contribution in [0.25, 0.3) is 11.5 Å². The second-order valence-corrected chi connectivity index (χ2v) is 7.27. The molecule has 32 heavy (non-hydrogen) atoms. The number of nitrogens with zero attached hydrogens (tertiary/aromatic N) is 2. The third kappa shape index (κ3) is 5.55. The maximum Gasteiger partial charge on any atom is 0.338 e. The lowest BCUT2D eigenvalue weighted by Crippen LogP contribution is -2.18. The van der Waals surface area contributed by atoms with Crippen molar-refractivity contribution in [3.63, 3.8) is 0 Å². The maximum absolute atomic E-state index is 12.6. The molecule has 0 saturated carbocycles. The number of nitrogens with one attached hydrogen (secondary N) is 2. The number of anilines is 1. The van der Waals surface area contributed by atoms with Crippen LogP contribution in [0, 0.1) is 10.1 Å². The van der Waals surface area contributed by atoms with Crippen LogP contribution < -0.4 is 10.6 Å². The number of benzene rings is 1. The fraction of sp³-hybridized carbons (Fsp3) is 0.200. The summed E-state index contributed by atoms with van der Waals surface area (Å²) in [7, 11) is 0. The molecule has 0 atom stereocenters. The van der Waals surface area contributed by atoms with E-state index in [2.05, 4.69) is 15.6 Å². The average molecular weight is 458 g/mol. The molecule has 2 heterocycles. The van der Waals surface area contributed by atoms with Crippen molar-refractivity contribution in [1.82, 2.24) is 10.3 Å². The zero-order valence-electron chi connectivity index (χ0n) is 17.0. The predicted octanol–water partition coefficient (Wildman–Crippen LogP) is 3.38. The first-order valence-electron chi connectivity index (χ1n) is 9.33. The second-order valence-electron chi connectivity index (χ2n) is 6.41. The summed E-state index contributed by atoms with van der Waals surface area (Å²) < 4.78 is 10.5. The first kappa shape index (κ1) is 22.6. The van der Waals surface area contributed by atoms with Gasteiger partial charge in [0.15, 0.2) is 10.9 Å². The highest BCUT2D eigenvalue weighted by molar-refractivity contribution is 7.14. The number of carbonyl (C=O) groups excluding carboxylic acids is 3. The van der Waals surface area contributed by atoms with Crippen LogP contribution in [0.1, 0.15) is 40.3 Å². The number of nitro groups is 1. The molecule has 1 aromatic carbocycles. The zero-order valence-corrected chi connectivity index (χ0v) is 17.9. The number of furan rings is 1. The molecule has 3 aromatic rings. The van der Waals surface area contributed by atoms with Gasteiger partial charge in [-0.1, -0.05) is 0 Å². The van der Waals surface area contributed by atoms with Crippen molar-refractivity contribution in [3.8, 4) is 11.5 Å². The van der Waals surface area contributed by atoms with E-state index < -0.39 is 22.5 Å². The van der Waals surface area contributed by atoms with Gasteiger partial charge in [-0.3, -0.25) is 25.0 Å². The summed E-state index contributed by atoms with van der Waals surface area (Å²) in [5.74, 6) is -0.645. The predicted molar refractivity (Wildman–Crippen MR) is 114 cm³/mol. The van der Waals surface area contributed by atoms with Gasteiger partial charge in [-0.25, -0.2) is 9.78 Å². The van der Waals surface area contributed by atoms with Crippen molar-refractivity contribution in [2.24, 2.45) is 0 Å². The summed E-state index contributed by atoms with van der Waals surface area (Å²) in [6.45, 7) is 3.32. The topological polar surface area (TPSA) is 154 Å². The molecule has 2 amide bonds. The van der Waals surface area contributed by atoms with Gasteiger partial charge in [-0.2, -0.15) is 0 Å². The van der Waals surface area contributed by atoms with Crippen molar-refractivity contribution in [3.05, 3.63) is 62.7 Å². The van der Waals surface area contributed by atoms with Crippen LogP contribution in [0.3, 0.4) is 0 Å². The van der Waals surface area contributed by atoms with E-state index in [0.717, 1.165) is 23.5 Å². The molecule has 0 radical (unpaired) electrons. The summed E-state index contributed by atoms with van der Waals surface area (Å²) in [6, 6.07) is 6.71. The molecule has 0 spiro atoms. The zero-order chi connectivity index (χ0) is 23.3. The van der Waals surface area contributed by atoms with Gasteiger partial charge in [0.1, 0.15) is 11.5 Å². The maximum atomic E-state index is 12.6. The average Bonchev–Trinajstić information content (AvgIpc) is 3.41. The smallest absolute Gasteiger partial charge is 0.338 e. The molecule has 2 N–H and O–H groups in total. The standard InChI is InChI=1S/C20H18N4O7S/c1-3-30-19(27)13-6-12(7-14(8-13)24(28)29)18(26)23-20-22-16(10-32-20)17-5-4-15(31-17)9-21-11(2)25/h4-8,10H,3,9H2,1-2H3,(H,21,25)(H,22,23,26). The Morgan fingerprint density at radius 3 is 2.66 bits per heavy atom. The molecule has 0 bridgehead atoms. The molecule has 2 aromatic heterocycles. The minimum absolute atomic E-state index is 0.0876. The number of thiazole rings is 1. The number of hydrogen-bond donors (Lipinski definition) is 2. The Hall–Kier alpha value is -4.06. The molecule has 166 valence electrons. The molecular formula is C20H18N4O7S. The summed E-state index contributed by atoms with van der Waals surface area (Å²) in [6.07, 6.45) is 0. The van der Waals surface area contributed by atoms with Crippen LogP contribution >= 0.6 is 11.3 Å². The van der Waals surface area contributed by atoms with E-state index in [9.17, 15) is 24.5 Å². The highest BCUT2D eigenvalue weighted by atomic mass is 32.1. The Kier molecular flexibility index (Phi) is 6.95. The summed E-state index contributed by atoms with van der Waals surface area (Å²) >= 11 is 1.13. The van der Waals surface area contributed by atoms with Crippen LogP contribution in [-0.4, -0.2) is 34.3 Å². The van der Waals surface area contributed by atoms with Gasteiger partial charge in [-0.05, 0) is 25.1 Å². The lowest BCUT2D eigenvalue weighted by Gasteiger charge is -2.06. The van der Waals surface area contributed by atoms with Gasteiger partial charge >= 0.3 is 5.97 Å². The highest BCUT2D eigenvalue weighted by Gasteiger charge is 2.20. The van der Waals surface area contributed by atoms with Crippen LogP contribution in [0.5, 0.6) is 0 Å². The molecular weight excluding hydrogens is 440 g/mol. The summed E-state index contributed by atoms with van der Waals surface area (Å²) in [5, 5.41) is 18.3. The molecule has 0 aliphatic carbocycles. The fourth-order valence-corrected chi connectivity index (χ4v) is 3.31. The van der Waals surface area contributed by atoms with Gasteiger partial charge in [0.2, 0.25) is 5.91 Å². The van der Waals surface area contributed by atoms with Gasteiger partial charge in [0.05, 0.1) is 23.6 Å². The number of rotatable bonds is 8. The Bertz CT molecular complexity index is 1180. The first-order valence-corrected chi connectivity index (χ1v) is 10.2. The number of hydrogen-bond acceptors (Lipinski definition) is 9. The van der Waals surface area contributed by atoms with Crippen LogP contribution in [0.4, 0.5) is 10.8 Å². The molecule has 12 heteroatoms. The quantitative estimate of drug-likeness (QED) is 0.296. The summed E-state index contributed by atoms with van der Waals surface area (Å²) in [5.41, 5.74) is -0.142. The molecule has 0 saturated heterocycles. The second kappa shape index (κ2) is 9.83. The molecule has 0 unspecified atom stereocenters. The molecule has 0 fully saturated rings. The molecule has 0 aliphatic rings. The number of ether oxygens (including phenoxy) is 1. The van der Waals surface area contributed by atoms with Crippen molar-refractivity contribution in [2.45, 2.75) is 20.4 Å². The van der Waals surface area contributed by atoms with Crippen molar-refractivity contribution >= 4 is 39.9 Å². The monoisotopic (exact) mass is 458 g/mol. The Labute approximate surface area is 185 Å². The minimum Gasteiger partial charge on any atom is -0.462 e. The van der Waals surface area contributed by atoms with E-state index >= 15 is 0 Å². The Morgan fingerprint density at radius 1 is 1.22 bits per heavy atom. The van der Waals surface area contributed by atoms with E-state index in [-0.39, 0.29) is 35.3 Å². The van der Waals surface area contributed by atoms with Gasteiger partial charge in [0.25, 0.3) is 11.6 Å². The van der Waals surface area contributed by atoms with Crippen molar-refractivity contribution in [2.75, 3.05) is 11.9 Å². The number of amides is 2. The number of nitro benzene ring substituents is 1. The normalized spacial score (nSPS) is 10.4. The third-order valence-corrected chi connectivity index (χ3v) is 4.81. The molecule has 11 nitrogen and oxygen atoms in total. The molecule has 3 rings (SSSR count). The lowest BCUT2D eigenvalue weighted by atomic mass is 10.1. The Balaban J connectivity index is 1.77. The van der Waals surface area contributed by atoms with Crippen molar-refractivity contribution < 1.29 is 28.5 Å². The molecule has 0 aliphatic heterocycles. The van der Waals surface area contributed by atoms with E-state index in [1.54, 1.807) is 24.4 Å². The first-order chi connectivity index (χ1) is 15.3. The minimum atomic E-state index is -0.769. The number of non-ortho nitro benzene ring substituents is 1.